The first-order chi connectivity index (χ1) is 12.1. The molecule has 1 amide bonds. The molecule has 4 heteroatoms. The van der Waals surface area contributed by atoms with Crippen LogP contribution in [0.4, 0.5) is 0 Å². The number of hydrogen-bond donors (Lipinski definition) is 0. The van der Waals surface area contributed by atoms with Crippen LogP contribution in [0.5, 0.6) is 0 Å². The van der Waals surface area contributed by atoms with Crippen LogP contribution < -0.4 is 4.80 Å². The van der Waals surface area contributed by atoms with Gasteiger partial charge in [-0.3, -0.25) is 4.79 Å². The lowest BCUT2D eigenvalue weighted by atomic mass is 10.0. The van der Waals surface area contributed by atoms with Gasteiger partial charge in [-0.15, -0.1) is 17.8 Å². The molecule has 1 aromatic heterocycles. The van der Waals surface area contributed by atoms with E-state index in [0.717, 1.165) is 11.3 Å². The fourth-order valence-corrected chi connectivity index (χ4v) is 3.61. The Kier molecular flexibility index (Phi) is 4.97. The van der Waals surface area contributed by atoms with Gasteiger partial charge in [0.25, 0.3) is 5.91 Å². The molecule has 0 fully saturated rings. The summed E-state index contributed by atoms with van der Waals surface area (Å²) in [4.78, 5) is 17.3. The quantitative estimate of drug-likeness (QED) is 0.654. The summed E-state index contributed by atoms with van der Waals surface area (Å²) in [7, 11) is 0. The van der Waals surface area contributed by atoms with Crippen LogP contribution in [0.3, 0.4) is 0 Å². The van der Waals surface area contributed by atoms with E-state index in [4.69, 9.17) is 6.42 Å². The van der Waals surface area contributed by atoms with Gasteiger partial charge in [0.2, 0.25) is 0 Å². The molecule has 124 valence electrons. The lowest BCUT2D eigenvalue weighted by Gasteiger charge is -2.09. The monoisotopic (exact) mass is 346 g/mol. The average molecular weight is 346 g/mol. The van der Waals surface area contributed by atoms with E-state index in [1.54, 1.807) is 12.1 Å². The normalized spacial score (nSPS) is 11.3. The third kappa shape index (κ3) is 3.62. The molecule has 0 radical (unpaired) electrons. The summed E-state index contributed by atoms with van der Waals surface area (Å²) in [6, 6.07) is 15.3. The summed E-state index contributed by atoms with van der Waals surface area (Å²) in [6.45, 7) is 4.51. The van der Waals surface area contributed by atoms with Gasteiger partial charge < -0.3 is 4.57 Å². The molecule has 0 aliphatic heterocycles. The molecule has 0 saturated carbocycles. The number of rotatable bonds is 3. The number of carbonyl (C=O) groups excluding carboxylic acids is 1. The van der Waals surface area contributed by atoms with E-state index in [-0.39, 0.29) is 5.91 Å². The molecule has 0 aliphatic carbocycles. The van der Waals surface area contributed by atoms with Crippen molar-refractivity contribution in [2.75, 3.05) is 0 Å². The van der Waals surface area contributed by atoms with E-state index in [1.165, 1.54) is 22.5 Å². The highest BCUT2D eigenvalue weighted by Crippen LogP contribution is 2.24. The highest BCUT2D eigenvalue weighted by atomic mass is 32.1. The summed E-state index contributed by atoms with van der Waals surface area (Å²) >= 11 is 1.43. The zero-order valence-corrected chi connectivity index (χ0v) is 15.0. The number of thiazole rings is 1. The largest absolute Gasteiger partial charge is 0.305 e. The van der Waals surface area contributed by atoms with Crippen LogP contribution in [0, 0.1) is 26.2 Å². The minimum Gasteiger partial charge on any atom is -0.305 e. The molecule has 0 atom stereocenters. The van der Waals surface area contributed by atoms with Crippen molar-refractivity contribution in [2.45, 2.75) is 20.4 Å². The van der Waals surface area contributed by atoms with Crippen molar-refractivity contribution in [3.05, 3.63) is 75.4 Å². The Morgan fingerprint density at radius 3 is 2.64 bits per heavy atom. The average Bonchev–Trinajstić information content (AvgIpc) is 2.98. The van der Waals surface area contributed by atoms with Gasteiger partial charge in [-0.25, -0.2) is 0 Å². The van der Waals surface area contributed by atoms with Crippen molar-refractivity contribution in [3.8, 4) is 23.6 Å². The van der Waals surface area contributed by atoms with Crippen molar-refractivity contribution in [1.29, 1.82) is 0 Å². The maximum absolute atomic E-state index is 12.4. The molecular formula is C21H18N2OS. The molecule has 0 saturated heterocycles. The van der Waals surface area contributed by atoms with E-state index in [9.17, 15) is 4.79 Å². The van der Waals surface area contributed by atoms with Gasteiger partial charge in [0, 0.05) is 16.5 Å². The molecule has 0 aliphatic rings. The topological polar surface area (TPSA) is 34.4 Å². The summed E-state index contributed by atoms with van der Waals surface area (Å²) in [6.07, 6.45) is 5.55. The Hall–Kier alpha value is -2.90. The molecular weight excluding hydrogens is 328 g/mol. The highest BCUT2D eigenvalue weighted by molar-refractivity contribution is 7.07. The Bertz CT molecular complexity index is 1020. The van der Waals surface area contributed by atoms with Gasteiger partial charge in [0.15, 0.2) is 4.80 Å². The number of aryl methyl sites for hydroxylation is 2. The van der Waals surface area contributed by atoms with E-state index in [1.807, 2.05) is 28.1 Å². The SMILES string of the molecule is C#CCn1c(-c2ccc(C)cc2C)cs/c1=N/C(=O)c1ccccc1. The molecule has 0 bridgehead atoms. The second-order valence-electron chi connectivity index (χ2n) is 5.80. The number of nitrogens with zero attached hydrogens (tertiary/aromatic N) is 2. The molecule has 25 heavy (non-hydrogen) atoms. The summed E-state index contributed by atoms with van der Waals surface area (Å²) in [5.74, 6) is 2.40. The predicted octanol–water partition coefficient (Wildman–Crippen LogP) is 4.21. The van der Waals surface area contributed by atoms with Crippen LogP contribution in [-0.4, -0.2) is 10.5 Å². The Balaban J connectivity index is 2.11. The lowest BCUT2D eigenvalue weighted by molar-refractivity contribution is 0.0998. The Labute approximate surface area is 151 Å². The first kappa shape index (κ1) is 16.9. The maximum atomic E-state index is 12.4. The number of amides is 1. The maximum Gasteiger partial charge on any atom is 0.279 e. The number of terminal acetylenes is 1. The number of carbonyl (C=O) groups is 1. The Morgan fingerprint density at radius 2 is 1.96 bits per heavy atom. The van der Waals surface area contributed by atoms with Gasteiger partial charge in [-0.05, 0) is 31.5 Å². The number of hydrogen-bond acceptors (Lipinski definition) is 2. The molecule has 3 nitrogen and oxygen atoms in total. The van der Waals surface area contributed by atoms with Gasteiger partial charge in [0.1, 0.15) is 0 Å². The minimum atomic E-state index is -0.264. The van der Waals surface area contributed by atoms with Crippen LogP contribution >= 0.6 is 11.3 Å². The lowest BCUT2D eigenvalue weighted by Crippen LogP contribution is -2.17. The van der Waals surface area contributed by atoms with Crippen molar-refractivity contribution in [1.82, 2.24) is 4.57 Å². The summed E-state index contributed by atoms with van der Waals surface area (Å²) < 4.78 is 1.92. The molecule has 1 heterocycles. The zero-order chi connectivity index (χ0) is 17.8. The summed E-state index contributed by atoms with van der Waals surface area (Å²) in [5.41, 5.74) is 5.04. The fourth-order valence-electron chi connectivity index (χ4n) is 2.71. The second-order valence-corrected chi connectivity index (χ2v) is 6.63. The first-order valence-corrected chi connectivity index (χ1v) is 8.81. The number of aromatic nitrogens is 1. The highest BCUT2D eigenvalue weighted by Gasteiger charge is 2.11. The van der Waals surface area contributed by atoms with Crippen LogP contribution in [-0.2, 0) is 6.54 Å². The Morgan fingerprint density at radius 1 is 1.20 bits per heavy atom. The summed E-state index contributed by atoms with van der Waals surface area (Å²) in [5, 5.41) is 2.01. The zero-order valence-electron chi connectivity index (χ0n) is 14.2. The minimum absolute atomic E-state index is 0.264. The van der Waals surface area contributed by atoms with Crippen LogP contribution in [0.15, 0.2) is 58.9 Å². The van der Waals surface area contributed by atoms with E-state index >= 15 is 0 Å². The fraction of sp³-hybridized carbons (Fsp3) is 0.143. The van der Waals surface area contributed by atoms with Gasteiger partial charge in [-0.1, -0.05) is 47.9 Å². The third-order valence-corrected chi connectivity index (χ3v) is 4.79. The van der Waals surface area contributed by atoms with Crippen LogP contribution in [0.1, 0.15) is 21.5 Å². The van der Waals surface area contributed by atoms with Crippen molar-refractivity contribution in [2.24, 2.45) is 4.99 Å². The van der Waals surface area contributed by atoms with E-state index in [2.05, 4.69) is 43.0 Å². The molecule has 2 aromatic carbocycles. The molecule has 3 aromatic rings. The van der Waals surface area contributed by atoms with Gasteiger partial charge >= 0.3 is 0 Å². The van der Waals surface area contributed by atoms with Crippen LogP contribution in [0.25, 0.3) is 11.3 Å². The van der Waals surface area contributed by atoms with Crippen molar-refractivity contribution >= 4 is 17.2 Å². The third-order valence-electron chi connectivity index (χ3n) is 3.92. The molecule has 0 N–H and O–H groups in total. The van der Waals surface area contributed by atoms with E-state index < -0.39 is 0 Å². The molecule has 0 unspecified atom stereocenters. The number of benzene rings is 2. The smallest absolute Gasteiger partial charge is 0.279 e. The molecule has 3 rings (SSSR count). The molecule has 0 spiro atoms. The standard InChI is InChI=1S/C21H18N2OS/c1-4-12-23-19(18-11-10-15(2)13-16(18)3)14-25-21(23)22-20(24)17-8-6-5-7-9-17/h1,5-11,13-14H,12H2,2-3H3/b22-21+. The van der Waals surface area contributed by atoms with Crippen molar-refractivity contribution in [3.63, 3.8) is 0 Å². The van der Waals surface area contributed by atoms with Gasteiger partial charge in [0.05, 0.1) is 12.2 Å². The second kappa shape index (κ2) is 7.33. The van der Waals surface area contributed by atoms with Gasteiger partial charge in [-0.2, -0.15) is 4.99 Å². The first-order valence-electron chi connectivity index (χ1n) is 7.93. The van der Waals surface area contributed by atoms with E-state index in [0.29, 0.717) is 16.9 Å². The van der Waals surface area contributed by atoms with Crippen molar-refractivity contribution < 1.29 is 4.79 Å². The van der Waals surface area contributed by atoms with Crippen LogP contribution in [0.2, 0.25) is 0 Å². The predicted molar refractivity (Wildman–Crippen MR) is 102 cm³/mol.